The van der Waals surface area contributed by atoms with Gasteiger partial charge in [0.2, 0.25) is 6.29 Å². The molecule has 0 unspecified atom stereocenters. The average molecular weight is 705 g/mol. The Morgan fingerprint density at radius 3 is 2.20 bits per heavy atom. The second-order valence-electron chi connectivity index (χ2n) is 12.9. The summed E-state index contributed by atoms with van der Waals surface area (Å²) in [6.45, 7) is -0.693. The molecule has 0 spiro atoms. The third-order valence-corrected chi connectivity index (χ3v) is 9.76. The van der Waals surface area contributed by atoms with Gasteiger partial charge in [0, 0.05) is 47.2 Å². The Morgan fingerprint density at radius 1 is 0.765 bits per heavy atom. The summed E-state index contributed by atoms with van der Waals surface area (Å²) in [6.07, 6.45) is -8.94. The van der Waals surface area contributed by atoms with Crippen LogP contribution in [0.1, 0.15) is 57.5 Å². The van der Waals surface area contributed by atoms with Crippen LogP contribution in [0.3, 0.4) is 0 Å². The van der Waals surface area contributed by atoms with Gasteiger partial charge >= 0.3 is 0 Å². The normalized spacial score (nSPS) is 29.0. The van der Waals surface area contributed by atoms with Crippen molar-refractivity contribution in [3.8, 4) is 51.7 Å². The van der Waals surface area contributed by atoms with Crippen LogP contribution in [0.15, 0.2) is 60.7 Å². The second-order valence-corrected chi connectivity index (χ2v) is 12.9. The number of fused-ring (bicyclic) bond motifs is 8. The summed E-state index contributed by atoms with van der Waals surface area (Å²) in [4.78, 5) is 13.6. The van der Waals surface area contributed by atoms with Crippen molar-refractivity contribution in [2.24, 2.45) is 0 Å². The maximum Gasteiger partial charge on any atom is 0.279 e. The lowest BCUT2D eigenvalue weighted by Crippen LogP contribution is -2.60. The first-order valence-electron chi connectivity index (χ1n) is 16.0. The van der Waals surface area contributed by atoms with Crippen molar-refractivity contribution in [3.05, 3.63) is 88.5 Å². The van der Waals surface area contributed by atoms with Crippen LogP contribution in [0.5, 0.6) is 51.7 Å². The number of hydrogen-bond acceptors (Lipinski definition) is 15. The molecular formula is C36H32O15. The molecule has 0 aromatic heterocycles. The number of Topliss-reactive ketones (excluding diaryl/α,β-unsaturated/α-hetero) is 1. The smallest absolute Gasteiger partial charge is 0.279 e. The number of aromatic hydroxyl groups is 5. The van der Waals surface area contributed by atoms with Gasteiger partial charge in [-0.25, -0.2) is 0 Å². The highest BCUT2D eigenvalue weighted by Crippen LogP contribution is 2.62. The minimum absolute atomic E-state index is 0.0110. The van der Waals surface area contributed by atoms with Crippen molar-refractivity contribution in [2.75, 3.05) is 6.61 Å². The molecule has 2 bridgehead atoms. The van der Waals surface area contributed by atoms with E-state index in [9.17, 15) is 50.8 Å². The van der Waals surface area contributed by atoms with Gasteiger partial charge in [-0.15, -0.1) is 0 Å². The van der Waals surface area contributed by atoms with Crippen LogP contribution in [0.25, 0.3) is 0 Å². The summed E-state index contributed by atoms with van der Waals surface area (Å²) in [5.74, 6) is -4.78. The Morgan fingerprint density at radius 2 is 1.49 bits per heavy atom. The van der Waals surface area contributed by atoms with E-state index in [1.165, 1.54) is 48.5 Å². The molecule has 4 heterocycles. The van der Waals surface area contributed by atoms with E-state index in [2.05, 4.69) is 0 Å². The molecular weight excluding hydrogens is 672 g/mol. The first-order valence-corrected chi connectivity index (χ1v) is 16.0. The zero-order chi connectivity index (χ0) is 35.9. The summed E-state index contributed by atoms with van der Waals surface area (Å²) in [5, 5.41) is 93.7. The third kappa shape index (κ3) is 5.20. The van der Waals surface area contributed by atoms with Crippen molar-refractivity contribution >= 4 is 5.78 Å². The second kappa shape index (κ2) is 11.8. The molecule has 4 aliphatic rings. The number of benzene rings is 4. The number of carbonyl (C=O) groups is 1. The molecule has 4 aromatic carbocycles. The average Bonchev–Trinajstić information content (AvgIpc) is 3.09. The van der Waals surface area contributed by atoms with Gasteiger partial charge in [0.1, 0.15) is 76.3 Å². The van der Waals surface area contributed by atoms with E-state index < -0.39 is 78.2 Å². The maximum atomic E-state index is 13.6. The molecule has 8 atom stereocenters. The predicted molar refractivity (Wildman–Crippen MR) is 170 cm³/mol. The van der Waals surface area contributed by atoms with E-state index in [0.29, 0.717) is 11.1 Å². The number of aliphatic hydroxyl groups excluding tert-OH is 4. The lowest BCUT2D eigenvalue weighted by atomic mass is 9.76. The number of phenolic OH excluding ortho intramolecular Hbond substituents is 5. The molecule has 4 aliphatic heterocycles. The topological polar surface area (TPSA) is 245 Å². The van der Waals surface area contributed by atoms with E-state index in [-0.39, 0.29) is 64.0 Å². The van der Waals surface area contributed by atoms with Gasteiger partial charge < -0.3 is 69.6 Å². The summed E-state index contributed by atoms with van der Waals surface area (Å²) >= 11 is 0. The van der Waals surface area contributed by atoms with E-state index >= 15 is 0 Å². The fourth-order valence-electron chi connectivity index (χ4n) is 7.23. The van der Waals surface area contributed by atoms with Crippen LogP contribution in [-0.2, 0) is 10.5 Å². The Labute approximate surface area is 288 Å². The Kier molecular flexibility index (Phi) is 7.59. The molecule has 0 aliphatic carbocycles. The molecule has 266 valence electrons. The molecule has 1 fully saturated rings. The first-order chi connectivity index (χ1) is 24.4. The molecule has 4 aromatic rings. The van der Waals surface area contributed by atoms with Crippen molar-refractivity contribution < 1.29 is 74.4 Å². The Bertz CT molecular complexity index is 2050. The van der Waals surface area contributed by atoms with Crippen molar-refractivity contribution in [1.82, 2.24) is 0 Å². The molecule has 1 saturated heterocycles. The Hall–Kier alpha value is -5.45. The fourth-order valence-corrected chi connectivity index (χ4v) is 7.23. The highest BCUT2D eigenvalue weighted by molar-refractivity contribution is 6.03. The minimum atomic E-state index is -1.76. The predicted octanol–water partition coefficient (Wildman–Crippen LogP) is 2.26. The van der Waals surface area contributed by atoms with Gasteiger partial charge in [0.15, 0.2) is 17.3 Å². The molecule has 15 nitrogen and oxygen atoms in total. The maximum absolute atomic E-state index is 13.6. The lowest BCUT2D eigenvalue weighted by molar-refractivity contribution is -0.277. The summed E-state index contributed by atoms with van der Waals surface area (Å²) in [6, 6.07) is 13.9. The van der Waals surface area contributed by atoms with E-state index in [4.69, 9.17) is 23.7 Å². The number of phenols is 5. The van der Waals surface area contributed by atoms with Crippen LogP contribution in [0.2, 0.25) is 0 Å². The van der Waals surface area contributed by atoms with Gasteiger partial charge in [0.05, 0.1) is 13.0 Å². The quantitative estimate of drug-likeness (QED) is 0.135. The standard InChI is InChI=1S/C36H32O15/c37-13-27-31(44)32(45)33(46)35(49-27)47-17-8-21(41)28-18-12-36(50-25(28)9-17,15-3-6-19(39)20(40)7-15)51-26-11-23(43)30-22(42)10-24(48-34(30)29(18)26)14-1-4-16(38)5-2-14/h1-9,11,18,24,27,31-33,35,37-41,43-46H,10,12-13H2/t18-,24-,27-,31-,32+,33-,35-,36-/m1/s1. The van der Waals surface area contributed by atoms with Crippen molar-refractivity contribution in [3.63, 3.8) is 0 Å². The van der Waals surface area contributed by atoms with E-state index in [0.717, 1.165) is 0 Å². The summed E-state index contributed by atoms with van der Waals surface area (Å²) < 4.78 is 30.6. The Balaban J connectivity index is 1.27. The van der Waals surface area contributed by atoms with Gasteiger partial charge in [-0.05, 0) is 35.9 Å². The van der Waals surface area contributed by atoms with Gasteiger partial charge in [-0.1, -0.05) is 12.1 Å². The van der Waals surface area contributed by atoms with Gasteiger partial charge in [0.25, 0.3) is 5.79 Å². The van der Waals surface area contributed by atoms with Gasteiger partial charge in [-0.2, -0.15) is 0 Å². The fraction of sp³-hybridized carbons (Fsp3) is 0.306. The molecule has 0 radical (unpaired) electrons. The van der Waals surface area contributed by atoms with Crippen LogP contribution in [-0.4, -0.2) is 89.1 Å². The summed E-state index contributed by atoms with van der Waals surface area (Å²) in [7, 11) is 0. The molecule has 51 heavy (non-hydrogen) atoms. The third-order valence-electron chi connectivity index (χ3n) is 9.76. The monoisotopic (exact) mass is 704 g/mol. The van der Waals surface area contributed by atoms with Gasteiger partial charge in [-0.3, -0.25) is 4.79 Å². The molecule has 0 saturated carbocycles. The van der Waals surface area contributed by atoms with Crippen LogP contribution < -0.4 is 18.9 Å². The minimum Gasteiger partial charge on any atom is -0.508 e. The number of rotatable bonds is 5. The molecule has 0 amide bonds. The SMILES string of the molecule is O=C1C[C@H](c2ccc(O)cc2)Oc2c1c(O)cc1c2[C@@H]2C[C@@](c3ccc(O)c(O)c3)(Oc3cc(O[C@@H]4O[C@H](CO)[C@@H](O)[C@H](O)[C@H]4O)cc(O)c32)O1. The highest BCUT2D eigenvalue weighted by atomic mass is 16.7. The van der Waals surface area contributed by atoms with E-state index in [1.54, 1.807) is 12.1 Å². The van der Waals surface area contributed by atoms with Crippen LogP contribution in [0, 0.1) is 0 Å². The van der Waals surface area contributed by atoms with E-state index in [1.807, 2.05) is 0 Å². The molecule has 15 heteroatoms. The molecule has 9 N–H and O–H groups in total. The number of aliphatic hydroxyl groups is 4. The largest absolute Gasteiger partial charge is 0.508 e. The number of carbonyl (C=O) groups excluding carboxylic acids is 1. The number of hydrogen-bond donors (Lipinski definition) is 9. The first kappa shape index (κ1) is 32.7. The summed E-state index contributed by atoms with van der Waals surface area (Å²) in [5.41, 5.74) is 1.24. The van der Waals surface area contributed by atoms with Crippen LogP contribution >= 0.6 is 0 Å². The zero-order valence-electron chi connectivity index (χ0n) is 26.4. The van der Waals surface area contributed by atoms with Crippen molar-refractivity contribution in [1.29, 1.82) is 0 Å². The lowest BCUT2D eigenvalue weighted by Gasteiger charge is -2.47. The highest BCUT2D eigenvalue weighted by Gasteiger charge is 2.54. The molecule has 8 rings (SSSR count). The number of ether oxygens (including phenoxy) is 5. The zero-order valence-corrected chi connectivity index (χ0v) is 26.4. The number of ketones is 1. The van der Waals surface area contributed by atoms with Crippen LogP contribution in [0.4, 0.5) is 0 Å². The van der Waals surface area contributed by atoms with Crippen molar-refractivity contribution in [2.45, 2.75) is 61.4 Å².